The molecule has 1 heterocycles. The zero-order chi connectivity index (χ0) is 9.19. The molecule has 2 nitrogen and oxygen atoms in total. The van der Waals surface area contributed by atoms with Crippen molar-refractivity contribution in [1.29, 1.82) is 0 Å². The highest BCUT2D eigenvalue weighted by molar-refractivity contribution is 4.79. The van der Waals surface area contributed by atoms with E-state index >= 15 is 0 Å². The van der Waals surface area contributed by atoms with Gasteiger partial charge in [-0.25, -0.2) is 0 Å². The largest absolute Gasteiger partial charge is 0.352 e. The first-order valence-electron chi connectivity index (χ1n) is 4.83. The van der Waals surface area contributed by atoms with Crippen LogP contribution in [0.1, 0.15) is 40.5 Å². The number of hydrogen-bond acceptors (Lipinski definition) is 2. The molecule has 1 rings (SSSR count). The van der Waals surface area contributed by atoms with Gasteiger partial charge in [-0.15, -0.1) is 0 Å². The van der Waals surface area contributed by atoms with Crippen LogP contribution in [0.3, 0.4) is 0 Å². The first kappa shape index (κ1) is 10.0. The van der Waals surface area contributed by atoms with Gasteiger partial charge in [-0.1, -0.05) is 27.2 Å². The van der Waals surface area contributed by atoms with Crippen LogP contribution in [0.25, 0.3) is 0 Å². The number of hydrogen-bond donors (Lipinski definition) is 0. The fraction of sp³-hybridized carbons (Fsp3) is 1.00. The Bertz CT molecular complexity index is 143. The van der Waals surface area contributed by atoms with Crippen molar-refractivity contribution in [1.82, 2.24) is 0 Å². The monoisotopic (exact) mass is 172 g/mol. The second-order valence-corrected chi connectivity index (χ2v) is 4.30. The number of ether oxygens (including phenoxy) is 2. The summed E-state index contributed by atoms with van der Waals surface area (Å²) in [6, 6.07) is 0. The smallest absolute Gasteiger partial charge is 0.157 e. The second-order valence-electron chi connectivity index (χ2n) is 4.30. The van der Waals surface area contributed by atoms with Crippen molar-refractivity contribution in [3.8, 4) is 0 Å². The van der Waals surface area contributed by atoms with Crippen LogP contribution in [0.15, 0.2) is 0 Å². The zero-order valence-corrected chi connectivity index (χ0v) is 8.59. The highest BCUT2D eigenvalue weighted by Crippen LogP contribution is 2.30. The van der Waals surface area contributed by atoms with Crippen LogP contribution in [-0.2, 0) is 9.47 Å². The molecule has 1 saturated heterocycles. The van der Waals surface area contributed by atoms with Crippen LogP contribution in [-0.4, -0.2) is 19.0 Å². The molecule has 1 aliphatic rings. The molecule has 1 fully saturated rings. The lowest BCUT2D eigenvalue weighted by atomic mass is 9.87. The average molecular weight is 172 g/mol. The molecule has 0 aromatic rings. The third-order valence-corrected chi connectivity index (χ3v) is 2.62. The Kier molecular flexibility index (Phi) is 3.13. The molecule has 2 heteroatoms. The normalized spacial score (nSPS) is 35.0. The molecular formula is C10H20O2. The molecule has 0 aromatic heterocycles. The highest BCUT2D eigenvalue weighted by Gasteiger charge is 2.34. The van der Waals surface area contributed by atoms with Crippen LogP contribution in [0.5, 0.6) is 0 Å². The second kappa shape index (κ2) is 3.75. The summed E-state index contributed by atoms with van der Waals surface area (Å²) >= 11 is 0. The topological polar surface area (TPSA) is 18.5 Å². The standard InChI is InChI=1S/C10H20O2/c1-5-6-9-11-7-10(3,4)8(2)12-9/h8-9H,5-7H2,1-4H3/t8-,9+/m1/s1. The molecule has 0 bridgehead atoms. The molecule has 0 unspecified atom stereocenters. The Balaban J connectivity index is 2.41. The first-order chi connectivity index (χ1) is 5.56. The van der Waals surface area contributed by atoms with E-state index in [0.717, 1.165) is 19.4 Å². The maximum absolute atomic E-state index is 5.72. The Morgan fingerprint density at radius 3 is 2.58 bits per heavy atom. The van der Waals surface area contributed by atoms with Crippen LogP contribution < -0.4 is 0 Å². The fourth-order valence-electron chi connectivity index (χ4n) is 1.26. The lowest BCUT2D eigenvalue weighted by molar-refractivity contribution is -0.256. The third-order valence-electron chi connectivity index (χ3n) is 2.62. The summed E-state index contributed by atoms with van der Waals surface area (Å²) in [6.07, 6.45) is 2.49. The quantitative estimate of drug-likeness (QED) is 0.637. The van der Waals surface area contributed by atoms with Gasteiger partial charge in [0, 0.05) is 5.41 Å². The van der Waals surface area contributed by atoms with E-state index in [2.05, 4.69) is 27.7 Å². The van der Waals surface area contributed by atoms with E-state index in [4.69, 9.17) is 9.47 Å². The van der Waals surface area contributed by atoms with Crippen molar-refractivity contribution >= 4 is 0 Å². The molecule has 0 aromatic carbocycles. The third kappa shape index (κ3) is 2.20. The van der Waals surface area contributed by atoms with Gasteiger partial charge in [-0.05, 0) is 13.3 Å². The van der Waals surface area contributed by atoms with Gasteiger partial charge in [0.25, 0.3) is 0 Å². The maximum atomic E-state index is 5.72. The molecule has 1 aliphatic heterocycles. The molecule has 0 amide bonds. The molecule has 72 valence electrons. The van der Waals surface area contributed by atoms with E-state index < -0.39 is 0 Å². The Labute approximate surface area is 75.2 Å². The van der Waals surface area contributed by atoms with Gasteiger partial charge in [0.1, 0.15) is 0 Å². The minimum Gasteiger partial charge on any atom is -0.352 e. The molecular weight excluding hydrogens is 152 g/mol. The fourth-order valence-corrected chi connectivity index (χ4v) is 1.26. The highest BCUT2D eigenvalue weighted by atomic mass is 16.7. The predicted molar refractivity (Wildman–Crippen MR) is 49.0 cm³/mol. The molecule has 12 heavy (non-hydrogen) atoms. The summed E-state index contributed by atoms with van der Waals surface area (Å²) < 4.78 is 11.3. The lowest BCUT2D eigenvalue weighted by Gasteiger charge is -2.40. The van der Waals surface area contributed by atoms with Gasteiger partial charge in [-0.3, -0.25) is 0 Å². The van der Waals surface area contributed by atoms with Crippen molar-refractivity contribution in [3.05, 3.63) is 0 Å². The molecule has 0 aliphatic carbocycles. The van der Waals surface area contributed by atoms with Gasteiger partial charge in [0.15, 0.2) is 6.29 Å². The SMILES string of the molecule is CCC[C@H]1OCC(C)(C)[C@@H](C)O1. The van der Waals surface area contributed by atoms with Crippen molar-refractivity contribution in [2.75, 3.05) is 6.61 Å². The first-order valence-corrected chi connectivity index (χ1v) is 4.83. The minimum atomic E-state index is 0.0398. The molecule has 0 spiro atoms. The van der Waals surface area contributed by atoms with Gasteiger partial charge >= 0.3 is 0 Å². The van der Waals surface area contributed by atoms with E-state index in [-0.39, 0.29) is 11.7 Å². The molecule has 0 radical (unpaired) electrons. The van der Waals surface area contributed by atoms with Crippen LogP contribution in [0.4, 0.5) is 0 Å². The zero-order valence-electron chi connectivity index (χ0n) is 8.59. The van der Waals surface area contributed by atoms with E-state index in [0.29, 0.717) is 6.10 Å². The molecule has 0 N–H and O–H groups in total. The predicted octanol–water partition coefficient (Wildman–Crippen LogP) is 2.57. The van der Waals surface area contributed by atoms with Crippen molar-refractivity contribution in [3.63, 3.8) is 0 Å². The summed E-state index contributed by atoms with van der Waals surface area (Å²) in [5.41, 5.74) is 0.171. The van der Waals surface area contributed by atoms with Crippen LogP contribution in [0.2, 0.25) is 0 Å². The minimum absolute atomic E-state index is 0.0398. The van der Waals surface area contributed by atoms with Crippen LogP contribution in [0, 0.1) is 5.41 Å². The van der Waals surface area contributed by atoms with Crippen molar-refractivity contribution in [2.45, 2.75) is 52.9 Å². The van der Waals surface area contributed by atoms with Crippen molar-refractivity contribution in [2.24, 2.45) is 5.41 Å². The van der Waals surface area contributed by atoms with E-state index in [1.165, 1.54) is 0 Å². The lowest BCUT2D eigenvalue weighted by Crippen LogP contribution is -2.44. The van der Waals surface area contributed by atoms with Gasteiger partial charge < -0.3 is 9.47 Å². The molecule has 0 saturated carbocycles. The van der Waals surface area contributed by atoms with Gasteiger partial charge in [-0.2, -0.15) is 0 Å². The Morgan fingerprint density at radius 2 is 2.08 bits per heavy atom. The van der Waals surface area contributed by atoms with Crippen LogP contribution >= 0.6 is 0 Å². The summed E-state index contributed by atoms with van der Waals surface area (Å²) in [6.45, 7) is 9.46. The maximum Gasteiger partial charge on any atom is 0.157 e. The van der Waals surface area contributed by atoms with E-state index in [1.807, 2.05) is 0 Å². The van der Waals surface area contributed by atoms with Gasteiger partial charge in [0.2, 0.25) is 0 Å². The van der Waals surface area contributed by atoms with E-state index in [1.54, 1.807) is 0 Å². The summed E-state index contributed by atoms with van der Waals surface area (Å²) in [4.78, 5) is 0. The Morgan fingerprint density at radius 1 is 1.42 bits per heavy atom. The summed E-state index contributed by atoms with van der Waals surface area (Å²) in [5.74, 6) is 0. The number of rotatable bonds is 2. The Hall–Kier alpha value is -0.0800. The molecule has 2 atom stereocenters. The average Bonchev–Trinajstić information content (AvgIpc) is 1.98. The summed E-state index contributed by atoms with van der Waals surface area (Å²) in [7, 11) is 0. The van der Waals surface area contributed by atoms with Crippen molar-refractivity contribution < 1.29 is 9.47 Å². The van der Waals surface area contributed by atoms with E-state index in [9.17, 15) is 0 Å². The van der Waals surface area contributed by atoms with Gasteiger partial charge in [0.05, 0.1) is 12.7 Å². The summed E-state index contributed by atoms with van der Waals surface area (Å²) in [5, 5.41) is 0.